The largest absolute Gasteiger partial charge is 0.379 e. The number of fused-ring (bicyclic) bond motifs is 1. The Hall–Kier alpha value is -2.42. The van der Waals surface area contributed by atoms with Gasteiger partial charge in [0.25, 0.3) is 0 Å². The third kappa shape index (κ3) is 2.62. The van der Waals surface area contributed by atoms with Gasteiger partial charge in [0.15, 0.2) is 0 Å². The van der Waals surface area contributed by atoms with Gasteiger partial charge in [0.1, 0.15) is 5.82 Å². The molecule has 0 atom stereocenters. The van der Waals surface area contributed by atoms with E-state index in [2.05, 4.69) is 16.4 Å². The number of hydrogen-bond donors (Lipinski definition) is 1. The summed E-state index contributed by atoms with van der Waals surface area (Å²) in [5, 5.41) is 4.23. The van der Waals surface area contributed by atoms with Crippen LogP contribution in [0.1, 0.15) is 11.1 Å². The van der Waals surface area contributed by atoms with Crippen molar-refractivity contribution in [3.63, 3.8) is 0 Å². The van der Waals surface area contributed by atoms with Gasteiger partial charge in [-0.2, -0.15) is 0 Å². The fourth-order valence-corrected chi connectivity index (χ4v) is 2.21. The van der Waals surface area contributed by atoms with E-state index in [-0.39, 0.29) is 5.82 Å². The van der Waals surface area contributed by atoms with Crippen molar-refractivity contribution in [2.24, 2.45) is 0 Å². The lowest BCUT2D eigenvalue weighted by Crippen LogP contribution is -2.01. The van der Waals surface area contributed by atoms with Crippen LogP contribution in [0, 0.1) is 12.7 Å². The first-order valence-electron chi connectivity index (χ1n) is 6.56. The van der Waals surface area contributed by atoms with E-state index in [1.54, 1.807) is 12.3 Å². The van der Waals surface area contributed by atoms with Crippen molar-refractivity contribution in [2.75, 3.05) is 5.32 Å². The van der Waals surface area contributed by atoms with E-state index in [1.807, 2.05) is 37.3 Å². The molecule has 0 aliphatic heterocycles. The van der Waals surface area contributed by atoms with Gasteiger partial charge in [-0.05, 0) is 48.4 Å². The third-order valence-corrected chi connectivity index (χ3v) is 3.27. The van der Waals surface area contributed by atoms with Gasteiger partial charge >= 0.3 is 0 Å². The standard InChI is InChI=1S/C17H15FN2/c1-12-4-6-15(18)17(9-12)20-11-13-5-7-16-14(10-13)3-2-8-19-16/h2-10,20H,11H2,1H3. The summed E-state index contributed by atoms with van der Waals surface area (Å²) in [6, 6.07) is 15.1. The second kappa shape index (κ2) is 5.29. The average molecular weight is 266 g/mol. The van der Waals surface area contributed by atoms with E-state index in [1.165, 1.54) is 6.07 Å². The van der Waals surface area contributed by atoms with Crippen molar-refractivity contribution in [2.45, 2.75) is 13.5 Å². The van der Waals surface area contributed by atoms with Gasteiger partial charge in [0.05, 0.1) is 11.2 Å². The molecule has 3 aromatic rings. The predicted molar refractivity (Wildman–Crippen MR) is 80.2 cm³/mol. The number of anilines is 1. The molecule has 100 valence electrons. The van der Waals surface area contributed by atoms with Crippen LogP contribution in [0.4, 0.5) is 10.1 Å². The molecule has 20 heavy (non-hydrogen) atoms. The molecule has 0 fully saturated rings. The molecule has 1 aromatic heterocycles. The second-order valence-corrected chi connectivity index (χ2v) is 4.87. The zero-order chi connectivity index (χ0) is 13.9. The highest BCUT2D eigenvalue weighted by molar-refractivity contribution is 5.79. The summed E-state index contributed by atoms with van der Waals surface area (Å²) in [7, 11) is 0. The summed E-state index contributed by atoms with van der Waals surface area (Å²) in [4.78, 5) is 4.29. The number of benzene rings is 2. The number of nitrogens with one attached hydrogen (secondary N) is 1. The molecule has 0 aliphatic carbocycles. The van der Waals surface area contributed by atoms with Gasteiger partial charge in [0.2, 0.25) is 0 Å². The SMILES string of the molecule is Cc1ccc(F)c(NCc2ccc3ncccc3c2)c1. The normalized spacial score (nSPS) is 10.7. The molecule has 0 unspecified atom stereocenters. The summed E-state index contributed by atoms with van der Waals surface area (Å²) in [5.74, 6) is -0.224. The van der Waals surface area contributed by atoms with E-state index >= 15 is 0 Å². The van der Waals surface area contributed by atoms with Crippen LogP contribution in [-0.2, 0) is 6.54 Å². The van der Waals surface area contributed by atoms with Gasteiger partial charge in [-0.1, -0.05) is 18.2 Å². The molecule has 3 rings (SSSR count). The molecule has 2 aromatic carbocycles. The predicted octanol–water partition coefficient (Wildman–Crippen LogP) is 4.29. The minimum atomic E-state index is -0.224. The Morgan fingerprint density at radius 1 is 1.10 bits per heavy atom. The van der Waals surface area contributed by atoms with Crippen LogP contribution in [0.15, 0.2) is 54.7 Å². The summed E-state index contributed by atoms with van der Waals surface area (Å²) in [6.07, 6.45) is 1.78. The smallest absolute Gasteiger partial charge is 0.146 e. The topological polar surface area (TPSA) is 24.9 Å². The fourth-order valence-electron chi connectivity index (χ4n) is 2.21. The van der Waals surface area contributed by atoms with Crippen LogP contribution in [0.25, 0.3) is 10.9 Å². The number of aryl methyl sites for hydroxylation is 1. The highest BCUT2D eigenvalue weighted by atomic mass is 19.1. The molecule has 0 aliphatic rings. The Morgan fingerprint density at radius 2 is 2.00 bits per heavy atom. The molecule has 1 N–H and O–H groups in total. The van der Waals surface area contributed by atoms with Crippen molar-refractivity contribution < 1.29 is 4.39 Å². The van der Waals surface area contributed by atoms with Crippen LogP contribution in [-0.4, -0.2) is 4.98 Å². The summed E-state index contributed by atoms with van der Waals surface area (Å²) < 4.78 is 13.7. The lowest BCUT2D eigenvalue weighted by molar-refractivity contribution is 0.629. The number of halogens is 1. The van der Waals surface area contributed by atoms with Crippen LogP contribution < -0.4 is 5.32 Å². The third-order valence-electron chi connectivity index (χ3n) is 3.27. The number of aromatic nitrogens is 1. The molecule has 0 saturated carbocycles. The first-order chi connectivity index (χ1) is 9.72. The Labute approximate surface area is 117 Å². The van der Waals surface area contributed by atoms with Gasteiger partial charge in [0, 0.05) is 18.1 Å². The number of pyridine rings is 1. The highest BCUT2D eigenvalue weighted by Gasteiger charge is 2.02. The average Bonchev–Trinajstić information content (AvgIpc) is 2.48. The monoisotopic (exact) mass is 266 g/mol. The fraction of sp³-hybridized carbons (Fsp3) is 0.118. The number of rotatable bonds is 3. The maximum Gasteiger partial charge on any atom is 0.146 e. The van der Waals surface area contributed by atoms with Crippen LogP contribution in [0.5, 0.6) is 0 Å². The van der Waals surface area contributed by atoms with Gasteiger partial charge in [-0.15, -0.1) is 0 Å². The molecule has 1 heterocycles. The zero-order valence-corrected chi connectivity index (χ0v) is 11.2. The van der Waals surface area contributed by atoms with Gasteiger partial charge < -0.3 is 5.32 Å². The van der Waals surface area contributed by atoms with Crippen LogP contribution in [0.2, 0.25) is 0 Å². The van der Waals surface area contributed by atoms with E-state index in [9.17, 15) is 4.39 Å². The molecule has 0 radical (unpaired) electrons. The molecular formula is C17H15FN2. The highest BCUT2D eigenvalue weighted by Crippen LogP contribution is 2.18. The van der Waals surface area contributed by atoms with E-state index in [0.717, 1.165) is 22.0 Å². The minimum absolute atomic E-state index is 0.224. The summed E-state index contributed by atoms with van der Waals surface area (Å²) in [5.41, 5.74) is 3.65. The Morgan fingerprint density at radius 3 is 2.90 bits per heavy atom. The zero-order valence-electron chi connectivity index (χ0n) is 11.2. The Bertz CT molecular complexity index is 753. The van der Waals surface area contributed by atoms with Gasteiger partial charge in [-0.25, -0.2) is 4.39 Å². The molecule has 0 amide bonds. The maximum absolute atomic E-state index is 13.7. The van der Waals surface area contributed by atoms with Crippen LogP contribution >= 0.6 is 0 Å². The van der Waals surface area contributed by atoms with Crippen molar-refractivity contribution in [3.05, 3.63) is 71.7 Å². The Balaban J connectivity index is 1.81. The first-order valence-corrected chi connectivity index (χ1v) is 6.56. The maximum atomic E-state index is 13.7. The summed E-state index contributed by atoms with van der Waals surface area (Å²) in [6.45, 7) is 2.54. The lowest BCUT2D eigenvalue weighted by atomic mass is 10.1. The van der Waals surface area contributed by atoms with E-state index in [4.69, 9.17) is 0 Å². The van der Waals surface area contributed by atoms with Crippen molar-refractivity contribution in [1.29, 1.82) is 0 Å². The molecular weight excluding hydrogens is 251 g/mol. The molecule has 3 heteroatoms. The van der Waals surface area contributed by atoms with E-state index in [0.29, 0.717) is 12.2 Å². The second-order valence-electron chi connectivity index (χ2n) is 4.87. The molecule has 2 nitrogen and oxygen atoms in total. The molecule has 0 spiro atoms. The Kier molecular flexibility index (Phi) is 3.33. The van der Waals surface area contributed by atoms with E-state index < -0.39 is 0 Å². The van der Waals surface area contributed by atoms with Crippen molar-refractivity contribution in [3.8, 4) is 0 Å². The summed E-state index contributed by atoms with van der Waals surface area (Å²) >= 11 is 0. The molecule has 0 saturated heterocycles. The number of nitrogens with zero attached hydrogens (tertiary/aromatic N) is 1. The number of hydrogen-bond acceptors (Lipinski definition) is 2. The minimum Gasteiger partial charge on any atom is -0.379 e. The van der Waals surface area contributed by atoms with Crippen molar-refractivity contribution in [1.82, 2.24) is 4.98 Å². The molecule has 0 bridgehead atoms. The first kappa shape index (κ1) is 12.6. The quantitative estimate of drug-likeness (QED) is 0.764. The lowest BCUT2D eigenvalue weighted by Gasteiger charge is -2.09. The van der Waals surface area contributed by atoms with Crippen molar-refractivity contribution >= 4 is 16.6 Å². The van der Waals surface area contributed by atoms with Gasteiger partial charge in [-0.3, -0.25) is 4.98 Å². The van der Waals surface area contributed by atoms with Crippen LogP contribution in [0.3, 0.4) is 0 Å².